The van der Waals surface area contributed by atoms with Crippen LogP contribution in [0.5, 0.6) is 5.75 Å². The number of nitrogens with zero attached hydrogens (tertiary/aromatic N) is 3. The van der Waals surface area contributed by atoms with Gasteiger partial charge in [-0.15, -0.1) is 0 Å². The Kier molecular flexibility index (Phi) is 6.82. The molecule has 4 aromatic rings. The van der Waals surface area contributed by atoms with E-state index < -0.39 is 0 Å². The first-order chi connectivity index (χ1) is 15.6. The summed E-state index contributed by atoms with van der Waals surface area (Å²) in [5.74, 6) is 1.50. The van der Waals surface area contributed by atoms with Crippen molar-refractivity contribution in [3.8, 4) is 17.1 Å². The van der Waals surface area contributed by atoms with Crippen LogP contribution in [0.25, 0.3) is 11.4 Å². The standard InChI is InChI=1S/C25H22ClN3O3/c1-31-20-11-7-10-19(16-20)24-27-23(32-28-24)14-15-29(17-18-8-3-2-4-9-18)25(30)21-12-5-6-13-22(21)26/h2-13,16H,14-15,17H2,1H3. The van der Waals surface area contributed by atoms with Crippen LogP contribution in [0.1, 0.15) is 21.8 Å². The molecular formula is C25H22ClN3O3. The van der Waals surface area contributed by atoms with Crippen molar-refractivity contribution in [3.05, 3.63) is 101 Å². The lowest BCUT2D eigenvalue weighted by molar-refractivity contribution is 0.0742. The number of aromatic nitrogens is 2. The minimum atomic E-state index is -0.146. The van der Waals surface area contributed by atoms with Crippen molar-refractivity contribution in [2.75, 3.05) is 13.7 Å². The van der Waals surface area contributed by atoms with Crippen LogP contribution in [0.4, 0.5) is 0 Å². The highest BCUT2D eigenvalue weighted by atomic mass is 35.5. The van der Waals surface area contributed by atoms with Gasteiger partial charge in [0.15, 0.2) is 0 Å². The van der Waals surface area contributed by atoms with Gasteiger partial charge in [0.2, 0.25) is 11.7 Å². The lowest BCUT2D eigenvalue weighted by Gasteiger charge is -2.23. The fraction of sp³-hybridized carbons (Fsp3) is 0.160. The van der Waals surface area contributed by atoms with Crippen LogP contribution >= 0.6 is 11.6 Å². The smallest absolute Gasteiger partial charge is 0.255 e. The first-order valence-corrected chi connectivity index (χ1v) is 10.6. The maximum absolute atomic E-state index is 13.2. The monoisotopic (exact) mass is 447 g/mol. The van der Waals surface area contributed by atoms with E-state index in [-0.39, 0.29) is 5.91 Å². The van der Waals surface area contributed by atoms with Gasteiger partial charge in [-0.3, -0.25) is 4.79 Å². The minimum Gasteiger partial charge on any atom is -0.497 e. The fourth-order valence-electron chi connectivity index (χ4n) is 3.33. The molecule has 0 saturated heterocycles. The molecule has 0 fully saturated rings. The number of hydrogen-bond donors (Lipinski definition) is 0. The van der Waals surface area contributed by atoms with Crippen molar-refractivity contribution in [2.45, 2.75) is 13.0 Å². The zero-order chi connectivity index (χ0) is 22.3. The number of carbonyl (C=O) groups excluding carboxylic acids is 1. The molecule has 0 aliphatic carbocycles. The van der Waals surface area contributed by atoms with Gasteiger partial charge in [-0.05, 0) is 29.8 Å². The normalized spacial score (nSPS) is 10.7. The van der Waals surface area contributed by atoms with E-state index in [4.69, 9.17) is 20.9 Å². The van der Waals surface area contributed by atoms with Crippen LogP contribution in [-0.4, -0.2) is 34.6 Å². The van der Waals surface area contributed by atoms with Gasteiger partial charge in [0, 0.05) is 25.1 Å². The molecule has 4 rings (SSSR count). The summed E-state index contributed by atoms with van der Waals surface area (Å²) in [6.45, 7) is 0.848. The second kappa shape index (κ2) is 10.1. The van der Waals surface area contributed by atoms with Gasteiger partial charge < -0.3 is 14.2 Å². The molecule has 1 aromatic heterocycles. The Morgan fingerprint density at radius 2 is 1.81 bits per heavy atom. The summed E-state index contributed by atoms with van der Waals surface area (Å²) in [5, 5.41) is 4.50. The maximum Gasteiger partial charge on any atom is 0.255 e. The molecule has 0 spiro atoms. The molecular weight excluding hydrogens is 426 g/mol. The van der Waals surface area contributed by atoms with Crippen molar-refractivity contribution in [1.82, 2.24) is 15.0 Å². The van der Waals surface area contributed by atoms with Crippen LogP contribution in [0, 0.1) is 0 Å². The Bertz CT molecular complexity index is 1190. The van der Waals surface area contributed by atoms with Crippen molar-refractivity contribution in [1.29, 1.82) is 0 Å². The second-order valence-electron chi connectivity index (χ2n) is 7.19. The summed E-state index contributed by atoms with van der Waals surface area (Å²) >= 11 is 6.28. The van der Waals surface area contributed by atoms with Crippen LogP contribution in [-0.2, 0) is 13.0 Å². The van der Waals surface area contributed by atoms with E-state index in [0.717, 1.165) is 11.1 Å². The third-order valence-electron chi connectivity index (χ3n) is 5.00. The van der Waals surface area contributed by atoms with E-state index in [1.54, 1.807) is 36.3 Å². The number of benzene rings is 3. The molecule has 162 valence electrons. The van der Waals surface area contributed by atoms with Crippen LogP contribution in [0.15, 0.2) is 83.4 Å². The molecule has 1 amide bonds. The molecule has 0 saturated carbocycles. The van der Waals surface area contributed by atoms with E-state index in [1.165, 1.54) is 0 Å². The van der Waals surface area contributed by atoms with Gasteiger partial charge in [0.05, 0.1) is 17.7 Å². The Balaban J connectivity index is 1.52. The van der Waals surface area contributed by atoms with Crippen LogP contribution in [0.2, 0.25) is 5.02 Å². The third-order valence-corrected chi connectivity index (χ3v) is 5.33. The Hall–Kier alpha value is -3.64. The van der Waals surface area contributed by atoms with Crippen molar-refractivity contribution in [3.63, 3.8) is 0 Å². The number of rotatable bonds is 8. The predicted octanol–water partition coefficient (Wildman–Crippen LogP) is 5.28. The predicted molar refractivity (Wildman–Crippen MR) is 123 cm³/mol. The SMILES string of the molecule is COc1cccc(-c2noc(CCN(Cc3ccccc3)C(=O)c3ccccc3Cl)n2)c1. The molecule has 0 aliphatic heterocycles. The molecule has 1 heterocycles. The van der Waals surface area contributed by atoms with Gasteiger partial charge in [-0.1, -0.05) is 71.4 Å². The number of carbonyl (C=O) groups is 1. The quantitative estimate of drug-likeness (QED) is 0.367. The number of ether oxygens (including phenoxy) is 1. The molecule has 0 bridgehead atoms. The molecule has 0 radical (unpaired) electrons. The summed E-state index contributed by atoms with van der Waals surface area (Å²) in [4.78, 5) is 19.5. The maximum atomic E-state index is 13.2. The van der Waals surface area contributed by atoms with E-state index in [0.29, 0.717) is 47.6 Å². The molecule has 6 nitrogen and oxygen atoms in total. The Morgan fingerprint density at radius 3 is 2.59 bits per heavy atom. The van der Waals surface area contributed by atoms with Gasteiger partial charge in [0.25, 0.3) is 5.91 Å². The number of methoxy groups -OCH3 is 1. The highest BCUT2D eigenvalue weighted by Gasteiger charge is 2.20. The van der Waals surface area contributed by atoms with Crippen molar-refractivity contribution >= 4 is 17.5 Å². The third kappa shape index (κ3) is 5.15. The summed E-state index contributed by atoms with van der Waals surface area (Å²) < 4.78 is 10.7. The van der Waals surface area contributed by atoms with Gasteiger partial charge in [0.1, 0.15) is 5.75 Å². The summed E-state index contributed by atoms with van der Waals surface area (Å²) in [6.07, 6.45) is 0.417. The fourth-order valence-corrected chi connectivity index (χ4v) is 3.54. The first kappa shape index (κ1) is 21.6. The lowest BCUT2D eigenvalue weighted by atomic mass is 10.1. The van der Waals surface area contributed by atoms with Gasteiger partial charge in [-0.25, -0.2) is 0 Å². The summed E-state index contributed by atoms with van der Waals surface area (Å²) in [5.41, 5.74) is 2.29. The summed E-state index contributed by atoms with van der Waals surface area (Å²) in [6, 6.07) is 24.3. The molecule has 32 heavy (non-hydrogen) atoms. The largest absolute Gasteiger partial charge is 0.497 e. The molecule has 0 N–H and O–H groups in total. The average Bonchev–Trinajstić information content (AvgIpc) is 3.31. The summed E-state index contributed by atoms with van der Waals surface area (Å²) in [7, 11) is 1.61. The van der Waals surface area contributed by atoms with E-state index >= 15 is 0 Å². The zero-order valence-electron chi connectivity index (χ0n) is 17.6. The Morgan fingerprint density at radius 1 is 1.03 bits per heavy atom. The number of amides is 1. The highest BCUT2D eigenvalue weighted by Crippen LogP contribution is 2.22. The second-order valence-corrected chi connectivity index (χ2v) is 7.59. The number of halogens is 1. The lowest BCUT2D eigenvalue weighted by Crippen LogP contribution is -2.32. The van der Waals surface area contributed by atoms with Crippen molar-refractivity contribution in [2.24, 2.45) is 0 Å². The zero-order valence-corrected chi connectivity index (χ0v) is 18.3. The molecule has 3 aromatic carbocycles. The van der Waals surface area contributed by atoms with Gasteiger partial charge in [-0.2, -0.15) is 4.98 Å². The van der Waals surface area contributed by atoms with E-state index in [9.17, 15) is 4.79 Å². The van der Waals surface area contributed by atoms with Crippen molar-refractivity contribution < 1.29 is 14.1 Å². The topological polar surface area (TPSA) is 68.5 Å². The Labute approximate surface area is 191 Å². The molecule has 0 unspecified atom stereocenters. The molecule has 7 heteroatoms. The average molecular weight is 448 g/mol. The van der Waals surface area contributed by atoms with Crippen LogP contribution < -0.4 is 4.74 Å². The van der Waals surface area contributed by atoms with E-state index in [2.05, 4.69) is 10.1 Å². The first-order valence-electron chi connectivity index (χ1n) is 10.2. The van der Waals surface area contributed by atoms with Crippen LogP contribution in [0.3, 0.4) is 0 Å². The van der Waals surface area contributed by atoms with E-state index in [1.807, 2.05) is 54.6 Å². The highest BCUT2D eigenvalue weighted by molar-refractivity contribution is 6.33. The molecule has 0 atom stereocenters. The number of hydrogen-bond acceptors (Lipinski definition) is 5. The molecule has 0 aliphatic rings. The van der Waals surface area contributed by atoms with Gasteiger partial charge >= 0.3 is 0 Å². The minimum absolute atomic E-state index is 0.146.